The monoisotopic (exact) mass is 298 g/mol. The number of halogens is 1. The lowest BCUT2D eigenvalue weighted by atomic mass is 9.99. The quantitative estimate of drug-likeness (QED) is 0.752. The lowest BCUT2D eigenvalue weighted by Gasteiger charge is -2.20. The van der Waals surface area contributed by atoms with Crippen molar-refractivity contribution in [3.05, 3.63) is 24.0 Å². The second-order valence-corrected chi connectivity index (χ2v) is 4.65. The van der Waals surface area contributed by atoms with Gasteiger partial charge in [0.2, 0.25) is 0 Å². The second kappa shape index (κ2) is 7.47. The molecule has 0 aliphatic rings. The molecule has 2 atom stereocenters. The van der Waals surface area contributed by atoms with Crippen molar-refractivity contribution in [2.75, 3.05) is 12.4 Å². The molecule has 0 aliphatic heterocycles. The van der Waals surface area contributed by atoms with Gasteiger partial charge in [-0.05, 0) is 18.1 Å². The van der Waals surface area contributed by atoms with Gasteiger partial charge in [0.15, 0.2) is 11.6 Å². The molecule has 1 aromatic carbocycles. The van der Waals surface area contributed by atoms with Crippen LogP contribution in [0.1, 0.15) is 20.3 Å². The molecule has 1 rings (SSSR count). The van der Waals surface area contributed by atoms with E-state index in [1.165, 1.54) is 19.2 Å². The number of carboxylic acids is 1. The van der Waals surface area contributed by atoms with Gasteiger partial charge in [0, 0.05) is 11.8 Å². The van der Waals surface area contributed by atoms with Crippen LogP contribution in [-0.4, -0.2) is 30.3 Å². The lowest BCUT2D eigenvalue weighted by Crippen LogP contribution is -2.46. The summed E-state index contributed by atoms with van der Waals surface area (Å²) in [4.78, 5) is 22.9. The summed E-state index contributed by atoms with van der Waals surface area (Å²) in [6.45, 7) is 3.56. The van der Waals surface area contributed by atoms with Crippen LogP contribution in [0, 0.1) is 11.7 Å². The van der Waals surface area contributed by atoms with Crippen LogP contribution in [0.2, 0.25) is 0 Å². The minimum absolute atomic E-state index is 0.0592. The summed E-state index contributed by atoms with van der Waals surface area (Å²) < 4.78 is 18.2. The number of carbonyl (C=O) groups excluding carboxylic acids is 1. The number of urea groups is 1. The van der Waals surface area contributed by atoms with Crippen molar-refractivity contribution in [3.8, 4) is 5.75 Å². The first-order valence-electron chi connectivity index (χ1n) is 6.52. The molecule has 0 aromatic heterocycles. The predicted molar refractivity (Wildman–Crippen MR) is 76.0 cm³/mol. The van der Waals surface area contributed by atoms with Gasteiger partial charge in [-0.3, -0.25) is 0 Å². The van der Waals surface area contributed by atoms with E-state index in [1.54, 1.807) is 6.92 Å². The number of nitrogens with one attached hydrogen (secondary N) is 2. The molecule has 6 nitrogen and oxygen atoms in total. The van der Waals surface area contributed by atoms with E-state index in [-0.39, 0.29) is 17.4 Å². The fourth-order valence-corrected chi connectivity index (χ4v) is 1.74. The summed E-state index contributed by atoms with van der Waals surface area (Å²) in [6.07, 6.45) is 0.606. The van der Waals surface area contributed by atoms with Crippen molar-refractivity contribution in [1.82, 2.24) is 5.32 Å². The summed E-state index contributed by atoms with van der Waals surface area (Å²) in [5.74, 6) is -1.89. The highest BCUT2D eigenvalue weighted by Gasteiger charge is 2.25. The maximum Gasteiger partial charge on any atom is 0.326 e. The van der Waals surface area contributed by atoms with Crippen LogP contribution in [0.3, 0.4) is 0 Å². The van der Waals surface area contributed by atoms with Gasteiger partial charge in [0.25, 0.3) is 0 Å². The molecule has 0 bridgehead atoms. The largest absolute Gasteiger partial charge is 0.494 e. The van der Waals surface area contributed by atoms with Gasteiger partial charge in [-0.25, -0.2) is 14.0 Å². The number of aliphatic carboxylic acids is 1. The van der Waals surface area contributed by atoms with Crippen LogP contribution in [0.5, 0.6) is 5.75 Å². The Morgan fingerprint density at radius 1 is 1.43 bits per heavy atom. The Morgan fingerprint density at radius 3 is 2.57 bits per heavy atom. The molecule has 0 saturated heterocycles. The maximum atomic E-state index is 13.5. The Bertz CT molecular complexity index is 522. The second-order valence-electron chi connectivity index (χ2n) is 4.65. The Kier molecular flexibility index (Phi) is 5.95. The fraction of sp³-hybridized carbons (Fsp3) is 0.429. The first kappa shape index (κ1) is 16.7. The molecule has 3 N–H and O–H groups in total. The van der Waals surface area contributed by atoms with E-state index in [2.05, 4.69) is 10.6 Å². The maximum absolute atomic E-state index is 13.5. The normalized spacial score (nSPS) is 13.1. The van der Waals surface area contributed by atoms with Crippen molar-refractivity contribution in [1.29, 1.82) is 0 Å². The van der Waals surface area contributed by atoms with Gasteiger partial charge in [-0.2, -0.15) is 0 Å². The molecule has 2 amide bonds. The van der Waals surface area contributed by atoms with E-state index in [9.17, 15) is 14.0 Å². The van der Waals surface area contributed by atoms with Crippen molar-refractivity contribution in [2.24, 2.45) is 5.92 Å². The summed E-state index contributed by atoms with van der Waals surface area (Å²) in [6, 6.07) is 2.22. The van der Waals surface area contributed by atoms with Crippen LogP contribution < -0.4 is 15.4 Å². The number of rotatable bonds is 6. The van der Waals surface area contributed by atoms with Gasteiger partial charge in [-0.15, -0.1) is 0 Å². The summed E-state index contributed by atoms with van der Waals surface area (Å²) in [5, 5.41) is 13.8. The standard InChI is InChI=1S/C14H19FN2O4/c1-4-8(2)12(13(18)19)17-14(20)16-9-5-6-11(21-3)10(15)7-9/h5-8,12H,4H2,1-3H3,(H,18,19)(H2,16,17,20)/t8?,12-/m0/s1. The zero-order valence-corrected chi connectivity index (χ0v) is 12.1. The third-order valence-corrected chi connectivity index (χ3v) is 3.18. The van der Waals surface area contributed by atoms with Crippen LogP contribution in [0.4, 0.5) is 14.9 Å². The number of ether oxygens (including phenoxy) is 1. The third kappa shape index (κ3) is 4.62. The van der Waals surface area contributed by atoms with Crippen molar-refractivity contribution >= 4 is 17.7 Å². The molecule has 0 heterocycles. The SMILES string of the molecule is CCC(C)[C@H](NC(=O)Nc1ccc(OC)c(F)c1)C(=O)O. The Hall–Kier alpha value is -2.31. The van der Waals surface area contributed by atoms with Crippen LogP contribution >= 0.6 is 0 Å². The average molecular weight is 298 g/mol. The molecule has 7 heteroatoms. The van der Waals surface area contributed by atoms with E-state index in [4.69, 9.17) is 9.84 Å². The highest BCUT2D eigenvalue weighted by molar-refractivity contribution is 5.92. The molecule has 21 heavy (non-hydrogen) atoms. The first-order chi connectivity index (χ1) is 9.88. The van der Waals surface area contributed by atoms with Crippen molar-refractivity contribution in [2.45, 2.75) is 26.3 Å². The number of benzene rings is 1. The molecule has 0 aliphatic carbocycles. The van der Waals surface area contributed by atoms with Gasteiger partial charge in [0.1, 0.15) is 6.04 Å². The number of hydrogen-bond donors (Lipinski definition) is 3. The Labute approximate surface area is 122 Å². The van der Waals surface area contributed by atoms with E-state index < -0.39 is 23.9 Å². The van der Waals surface area contributed by atoms with Crippen LogP contribution in [0.25, 0.3) is 0 Å². The van der Waals surface area contributed by atoms with E-state index >= 15 is 0 Å². The van der Waals surface area contributed by atoms with E-state index in [0.717, 1.165) is 6.07 Å². The number of hydrogen-bond acceptors (Lipinski definition) is 3. The third-order valence-electron chi connectivity index (χ3n) is 3.18. The fourth-order valence-electron chi connectivity index (χ4n) is 1.74. The van der Waals surface area contributed by atoms with Crippen molar-refractivity contribution in [3.63, 3.8) is 0 Å². The van der Waals surface area contributed by atoms with Crippen LogP contribution in [0.15, 0.2) is 18.2 Å². The molecule has 0 fully saturated rings. The minimum Gasteiger partial charge on any atom is -0.494 e. The minimum atomic E-state index is -1.11. The molecule has 0 spiro atoms. The summed E-state index contributed by atoms with van der Waals surface area (Å²) >= 11 is 0. The smallest absolute Gasteiger partial charge is 0.326 e. The molecule has 0 radical (unpaired) electrons. The summed E-state index contributed by atoms with van der Waals surface area (Å²) in [5.41, 5.74) is 0.207. The molecule has 0 saturated carbocycles. The van der Waals surface area contributed by atoms with Crippen LogP contribution in [-0.2, 0) is 4.79 Å². The van der Waals surface area contributed by atoms with E-state index in [1.807, 2.05) is 6.92 Å². The number of carbonyl (C=O) groups is 2. The van der Waals surface area contributed by atoms with Gasteiger partial charge in [0.05, 0.1) is 7.11 Å². The Morgan fingerprint density at radius 2 is 2.10 bits per heavy atom. The zero-order chi connectivity index (χ0) is 16.0. The predicted octanol–water partition coefficient (Wildman–Crippen LogP) is 2.46. The lowest BCUT2D eigenvalue weighted by molar-refractivity contribution is -0.140. The van der Waals surface area contributed by atoms with E-state index in [0.29, 0.717) is 6.42 Å². The summed E-state index contributed by atoms with van der Waals surface area (Å²) in [7, 11) is 1.34. The number of anilines is 1. The number of amides is 2. The highest BCUT2D eigenvalue weighted by Crippen LogP contribution is 2.20. The van der Waals surface area contributed by atoms with Gasteiger partial charge in [-0.1, -0.05) is 20.3 Å². The average Bonchev–Trinajstić information content (AvgIpc) is 2.44. The zero-order valence-electron chi connectivity index (χ0n) is 12.1. The number of methoxy groups -OCH3 is 1. The molecule has 1 aromatic rings. The van der Waals surface area contributed by atoms with Crippen molar-refractivity contribution < 1.29 is 23.8 Å². The Balaban J connectivity index is 2.72. The number of carboxylic acid groups (broad SMARTS) is 1. The van der Waals surface area contributed by atoms with Gasteiger partial charge >= 0.3 is 12.0 Å². The topological polar surface area (TPSA) is 87.7 Å². The first-order valence-corrected chi connectivity index (χ1v) is 6.52. The molecule has 1 unspecified atom stereocenters. The highest BCUT2D eigenvalue weighted by atomic mass is 19.1. The molecular weight excluding hydrogens is 279 g/mol. The van der Waals surface area contributed by atoms with Gasteiger partial charge < -0.3 is 20.5 Å². The molecular formula is C14H19FN2O4. The molecule has 116 valence electrons.